The van der Waals surface area contributed by atoms with E-state index in [-0.39, 0.29) is 110 Å². The van der Waals surface area contributed by atoms with Crippen molar-refractivity contribution in [2.24, 2.45) is 53.3 Å². The first kappa shape index (κ1) is 78.9. The van der Waals surface area contributed by atoms with Crippen LogP contribution in [0.15, 0.2) is 66.7 Å². The number of carboxylic acid groups (broad SMARTS) is 1. The summed E-state index contributed by atoms with van der Waals surface area (Å²) in [6.07, 6.45) is -0.306. The Labute approximate surface area is 554 Å². The molecule has 2 aromatic carbocycles. The van der Waals surface area contributed by atoms with E-state index >= 15 is 0 Å². The van der Waals surface area contributed by atoms with Gasteiger partial charge in [-0.05, 0) is 79.0 Å². The minimum Gasteiger partial charge on any atom is -0.481 e. The number of likely N-dealkylation sites (N-methyl/N-ethyl adjacent to an activating group) is 2. The summed E-state index contributed by atoms with van der Waals surface area (Å²) in [5.41, 5.74) is 1.45. The third-order valence-electron chi connectivity index (χ3n) is 18.5. The van der Waals surface area contributed by atoms with Crippen LogP contribution in [0.4, 0.5) is 10.5 Å². The molecule has 2 aliphatic rings. The molecule has 4 rings (SSSR count). The summed E-state index contributed by atoms with van der Waals surface area (Å²) in [6.45, 7) is 20.1. The molecule has 0 radical (unpaired) electrons. The first-order valence-electron chi connectivity index (χ1n) is 33.1. The molecule has 0 bridgehead atoms. The van der Waals surface area contributed by atoms with Gasteiger partial charge in [-0.15, -0.1) is 0 Å². The average molecular weight is 1310 g/mol. The van der Waals surface area contributed by atoms with E-state index in [0.29, 0.717) is 31.4 Å². The lowest BCUT2D eigenvalue weighted by Crippen LogP contribution is -2.54. The number of Topliss-reactive ketones (excluding diaryl/α,β-unsaturated/α-hetero) is 4. The highest BCUT2D eigenvalue weighted by molar-refractivity contribution is 6.13. The van der Waals surface area contributed by atoms with Crippen molar-refractivity contribution in [3.8, 4) is 0 Å². The number of likely N-dealkylation sites (tertiary alicyclic amines) is 1. The van der Waals surface area contributed by atoms with Gasteiger partial charge in [-0.1, -0.05) is 118 Å². The summed E-state index contributed by atoms with van der Waals surface area (Å²) in [7, 11) is 6.17. The highest BCUT2D eigenvalue weighted by Gasteiger charge is 2.44. The van der Waals surface area contributed by atoms with Crippen molar-refractivity contribution in [2.75, 3.05) is 46.7 Å². The molecular weight excluding hydrogens is 1210 g/mol. The topological polar surface area (TPSA) is 310 Å². The lowest BCUT2D eigenvalue weighted by Gasteiger charge is -2.41. The van der Waals surface area contributed by atoms with E-state index < -0.39 is 126 Å². The van der Waals surface area contributed by atoms with Gasteiger partial charge in [-0.25, -0.2) is 4.79 Å². The molecule has 23 nitrogen and oxygen atoms in total. The van der Waals surface area contributed by atoms with Gasteiger partial charge in [0.05, 0.1) is 61.2 Å². The number of imide groups is 1. The number of ether oxygens (including phenoxy) is 3. The maximum absolute atomic E-state index is 14.9. The molecule has 0 saturated carbocycles. The van der Waals surface area contributed by atoms with Crippen LogP contribution in [0.3, 0.4) is 0 Å². The number of benzene rings is 2. The van der Waals surface area contributed by atoms with E-state index in [1.807, 2.05) is 85.7 Å². The monoisotopic (exact) mass is 1310 g/mol. The quantitative estimate of drug-likeness (QED) is 0.0457. The molecule has 13 atom stereocenters. The lowest BCUT2D eigenvalue weighted by molar-refractivity contribution is -0.149. The molecule has 4 N–H and O–H groups in total. The Bertz CT molecular complexity index is 2950. The maximum Gasteiger partial charge on any atom is 0.410 e. The lowest BCUT2D eigenvalue weighted by atomic mass is 9.83. The summed E-state index contributed by atoms with van der Waals surface area (Å²) >= 11 is 0. The number of nitrogens with one attached hydrogen (secondary N) is 2. The molecule has 2 aromatic rings. The van der Waals surface area contributed by atoms with Crippen LogP contribution in [-0.4, -0.2) is 178 Å². The number of aliphatic hydroxyl groups is 1. The van der Waals surface area contributed by atoms with Crippen LogP contribution >= 0.6 is 0 Å². The van der Waals surface area contributed by atoms with Crippen molar-refractivity contribution >= 4 is 76.3 Å². The fraction of sp³-hybridized carbons (Fsp3) is 0.634. The average Bonchev–Trinajstić information content (AvgIpc) is 1.39. The van der Waals surface area contributed by atoms with Crippen molar-refractivity contribution in [3.63, 3.8) is 0 Å². The molecular formula is C71H104N6O17. The fourth-order valence-electron chi connectivity index (χ4n) is 12.9. The number of anilines is 1. The van der Waals surface area contributed by atoms with Crippen molar-refractivity contribution < 1.29 is 82.0 Å². The molecule has 7 amide bonds. The molecule has 1 saturated heterocycles. The van der Waals surface area contributed by atoms with E-state index in [9.17, 15) is 67.7 Å². The number of carbonyl (C=O) groups is 12. The number of aliphatic carboxylic acids is 1. The Hall–Kier alpha value is -7.50. The Balaban J connectivity index is 1.36. The predicted octanol–water partition coefficient (Wildman–Crippen LogP) is 8.19. The third kappa shape index (κ3) is 22.6. The highest BCUT2D eigenvalue weighted by Crippen LogP contribution is 2.34. The molecule has 2 heterocycles. The van der Waals surface area contributed by atoms with Gasteiger partial charge in [-0.2, -0.15) is 0 Å². The Morgan fingerprint density at radius 1 is 0.691 bits per heavy atom. The first-order valence-corrected chi connectivity index (χ1v) is 33.1. The first-order chi connectivity index (χ1) is 44.3. The Morgan fingerprint density at radius 2 is 1.32 bits per heavy atom. The van der Waals surface area contributed by atoms with Gasteiger partial charge in [0.1, 0.15) is 18.2 Å². The second-order valence-corrected chi connectivity index (χ2v) is 26.8. The number of ketones is 4. The summed E-state index contributed by atoms with van der Waals surface area (Å²) in [5.74, 6) is -10.6. The van der Waals surface area contributed by atoms with E-state index in [1.165, 1.54) is 38.1 Å². The van der Waals surface area contributed by atoms with Gasteiger partial charge in [-0.3, -0.25) is 57.6 Å². The number of hydrogen-bond acceptors (Lipinski definition) is 16. The SMILES string of the molecule is CC[C@H](C)[C@@H]([C@@H](CC(=O)N1CCC[C@H]1[C@H](OC)[C@@H](C)C(=O)C[C@H](C)[C@@H](O)c1ccccc1)OC)N(C)C(=O)[C@@H](CC(=O)[C@H](C(C)C)N(C)C(=O)OCc1ccc(NC(=O)[C@H](CC(=O)O)CC(=O)[C@H](C)NC(=O)[C@H](CC(=O)CCN2C(=O)C=CC2=O)CC(C)C)cc1)C(C)C. The standard InChI is InChI=1S/C71H104N6O17/c1-16-44(8)65(59(92-14)39-62(84)76-31-20-23-55(76)67(93-15)46(10)56(79)34-45(9)66(87)49-21-18-17-19-22-49)74(12)70(90)54(42(4)5)38-58(81)64(43(6)7)75(13)71(91)94-40-48-24-26-52(27-25-48)73-69(89)51(37-63(85)86)36-57(80)47(11)72-68(88)50(33-41(2)3)35-53(78)30-32-77-60(82)28-29-61(77)83/h17-19,21-22,24-29,41-47,50-51,54-55,59,64-67,87H,16,20,23,30-40H2,1-15H3,(H,72,88)(H,73,89)(H,85,86)/t44-,45-,46-,47-,50-,51-,54-,55-,59+,64-,65-,66+,67+/m0/s1. The fourth-order valence-corrected chi connectivity index (χ4v) is 12.9. The van der Waals surface area contributed by atoms with Crippen LogP contribution in [0, 0.1) is 53.3 Å². The number of aliphatic hydroxyl groups excluding tert-OH is 1. The highest BCUT2D eigenvalue weighted by atomic mass is 16.6. The molecule has 94 heavy (non-hydrogen) atoms. The number of rotatable bonds is 40. The van der Waals surface area contributed by atoms with E-state index in [0.717, 1.165) is 22.6 Å². The number of carboxylic acids is 1. The van der Waals surface area contributed by atoms with Gasteiger partial charge >= 0.3 is 12.1 Å². The Morgan fingerprint density at radius 3 is 1.87 bits per heavy atom. The molecule has 1 fully saturated rings. The van der Waals surface area contributed by atoms with Crippen LogP contribution in [0.2, 0.25) is 0 Å². The largest absolute Gasteiger partial charge is 0.481 e. The zero-order valence-corrected chi connectivity index (χ0v) is 57.8. The molecule has 0 spiro atoms. The molecule has 520 valence electrons. The number of hydrogen-bond donors (Lipinski definition) is 4. The summed E-state index contributed by atoms with van der Waals surface area (Å²) in [5, 5.41) is 26.0. The number of nitrogens with zero attached hydrogens (tertiary/aromatic N) is 4. The molecule has 0 unspecified atom stereocenters. The van der Waals surface area contributed by atoms with Crippen LogP contribution < -0.4 is 10.6 Å². The third-order valence-corrected chi connectivity index (χ3v) is 18.5. The van der Waals surface area contributed by atoms with Gasteiger partial charge in [0.15, 0.2) is 11.6 Å². The number of amides is 7. The van der Waals surface area contributed by atoms with E-state index in [4.69, 9.17) is 14.2 Å². The normalized spacial score (nSPS) is 17.9. The summed E-state index contributed by atoms with van der Waals surface area (Å²) < 4.78 is 17.8. The zero-order valence-electron chi connectivity index (χ0n) is 57.8. The van der Waals surface area contributed by atoms with Crippen LogP contribution in [0.5, 0.6) is 0 Å². The van der Waals surface area contributed by atoms with E-state index in [1.54, 1.807) is 49.9 Å². The second kappa shape index (κ2) is 37.6. The summed E-state index contributed by atoms with van der Waals surface area (Å²) in [6, 6.07) is 12.2. The molecule has 23 heteroatoms. The van der Waals surface area contributed by atoms with Crippen molar-refractivity contribution in [2.45, 2.75) is 196 Å². The van der Waals surface area contributed by atoms with Crippen molar-refractivity contribution in [1.29, 1.82) is 0 Å². The number of methoxy groups -OCH3 is 2. The van der Waals surface area contributed by atoms with Gasteiger partial charge in [0.2, 0.25) is 23.6 Å². The van der Waals surface area contributed by atoms with Crippen LogP contribution in [-0.2, 0) is 73.6 Å². The summed E-state index contributed by atoms with van der Waals surface area (Å²) in [4.78, 5) is 166. The maximum atomic E-state index is 14.9. The van der Waals surface area contributed by atoms with E-state index in [2.05, 4.69) is 10.6 Å². The smallest absolute Gasteiger partial charge is 0.410 e. The molecule has 0 aliphatic carbocycles. The minimum absolute atomic E-state index is 0.0220. The van der Waals surface area contributed by atoms with Gasteiger partial charge < -0.3 is 49.8 Å². The second-order valence-electron chi connectivity index (χ2n) is 26.8. The van der Waals surface area contributed by atoms with Crippen molar-refractivity contribution in [3.05, 3.63) is 77.9 Å². The predicted molar refractivity (Wildman–Crippen MR) is 352 cm³/mol. The number of carbonyl (C=O) groups excluding carboxylic acids is 11. The van der Waals surface area contributed by atoms with Crippen LogP contribution in [0.25, 0.3) is 0 Å². The van der Waals surface area contributed by atoms with Crippen molar-refractivity contribution in [1.82, 2.24) is 24.9 Å². The Kier molecular flexibility index (Phi) is 31.5. The molecule has 2 aliphatic heterocycles. The van der Waals surface area contributed by atoms with Gasteiger partial charge in [0.25, 0.3) is 11.8 Å². The van der Waals surface area contributed by atoms with Crippen LogP contribution in [0.1, 0.15) is 164 Å². The van der Waals surface area contributed by atoms with Gasteiger partial charge in [0, 0.05) is 109 Å². The minimum atomic E-state index is -1.35. The molecule has 0 aromatic heterocycles. The zero-order chi connectivity index (χ0) is 70.4.